The lowest BCUT2D eigenvalue weighted by molar-refractivity contribution is -0.147. The summed E-state index contributed by atoms with van der Waals surface area (Å²) in [5, 5.41) is 6.09. The Morgan fingerprint density at radius 2 is 0.984 bits per heavy atom. The second-order valence-electron chi connectivity index (χ2n) is 17.7. The van der Waals surface area contributed by atoms with Crippen molar-refractivity contribution < 1.29 is 28.8 Å². The average Bonchev–Trinajstić information content (AvgIpc) is 4.09. The first kappa shape index (κ1) is 43.4. The van der Waals surface area contributed by atoms with Crippen LogP contribution in [0.2, 0.25) is 0 Å². The van der Waals surface area contributed by atoms with Crippen molar-refractivity contribution >= 4 is 52.5 Å². The Balaban J connectivity index is 0.964. The summed E-state index contributed by atoms with van der Waals surface area (Å²) in [5.74, 6) is -0.820. The van der Waals surface area contributed by atoms with E-state index in [0.717, 1.165) is 42.5 Å². The molecule has 4 aliphatic heterocycles. The number of para-hydroxylation sites is 1. The summed E-state index contributed by atoms with van der Waals surface area (Å²) < 4.78 is 0. The highest BCUT2D eigenvalue weighted by atomic mass is 16.2. The van der Waals surface area contributed by atoms with Gasteiger partial charge in [-0.1, -0.05) is 70.2 Å². The van der Waals surface area contributed by atoms with Crippen molar-refractivity contribution in [3.8, 4) is 0 Å². The lowest BCUT2D eigenvalue weighted by Gasteiger charge is -2.35. The molecule has 4 aliphatic rings. The summed E-state index contributed by atoms with van der Waals surface area (Å²) in [6.07, 6.45) is 5.06. The number of hydrogen-bond donors (Lipinski definition) is 2. The van der Waals surface area contributed by atoms with E-state index in [1.54, 1.807) is 19.6 Å². The van der Waals surface area contributed by atoms with Crippen LogP contribution in [0.5, 0.6) is 0 Å². The minimum absolute atomic E-state index is 0.00791. The van der Waals surface area contributed by atoms with Crippen LogP contribution in [0.4, 0.5) is 17.1 Å². The zero-order valence-electron chi connectivity index (χ0n) is 36.1. The quantitative estimate of drug-likeness (QED) is 0.190. The summed E-state index contributed by atoms with van der Waals surface area (Å²) in [5.41, 5.74) is 4.43. The van der Waals surface area contributed by atoms with Gasteiger partial charge in [-0.3, -0.25) is 28.8 Å². The Kier molecular flexibility index (Phi) is 13.7. The minimum atomic E-state index is -0.587. The van der Waals surface area contributed by atoms with E-state index in [4.69, 9.17) is 0 Å². The number of benzene rings is 3. The van der Waals surface area contributed by atoms with Gasteiger partial charge in [-0.15, -0.1) is 0 Å². The molecule has 324 valence electrons. The number of carbonyl (C=O) groups is 6. The maximum absolute atomic E-state index is 13.8. The summed E-state index contributed by atoms with van der Waals surface area (Å²) in [4.78, 5) is 89.0. The molecule has 4 heterocycles. The van der Waals surface area contributed by atoms with Gasteiger partial charge in [-0.25, -0.2) is 0 Å². The van der Waals surface area contributed by atoms with Crippen molar-refractivity contribution in [3.05, 3.63) is 90.0 Å². The van der Waals surface area contributed by atoms with Crippen molar-refractivity contribution in [2.24, 2.45) is 11.8 Å². The van der Waals surface area contributed by atoms with Gasteiger partial charge >= 0.3 is 0 Å². The number of carbonyl (C=O) groups excluding carboxylic acids is 6. The number of nitrogens with zero attached hydrogens (tertiary/aromatic N) is 5. The molecule has 0 aromatic heterocycles. The molecule has 0 aliphatic carbocycles. The van der Waals surface area contributed by atoms with Crippen LogP contribution in [-0.4, -0.2) is 105 Å². The Hall–Kier alpha value is -5.72. The minimum Gasteiger partial charge on any atom is -0.363 e. The molecular weight excluding hydrogens is 771 g/mol. The maximum atomic E-state index is 13.8. The normalized spacial score (nSPS) is 20.2. The van der Waals surface area contributed by atoms with Crippen molar-refractivity contribution in [2.45, 2.75) is 116 Å². The number of anilines is 3. The number of likely N-dealkylation sites (tertiary alicyclic amines) is 4. The second kappa shape index (κ2) is 19.3. The first-order valence-corrected chi connectivity index (χ1v) is 22.2. The standard InChI is InChI=1S/C48H61N7O6/c1-32(2)43(54-28-10-16-41(54)56)47(60)52-26-8-14-39(52)45(58)49-36-22-18-34(19-23-36)30-51(38-12-6-5-7-13-38)31-35-20-24-37(25-21-35)50-46(59)40-15-9-27-53(40)48(61)44(33(3)4)55-29-11-17-42(55)57/h5-7,12-13,18-25,32-33,39-40,43-44H,8-11,14-17,26-31H2,1-4H3,(H,49,58)(H,50,59)/t39?,40?,43-,44-/m0/s1. The van der Waals surface area contributed by atoms with Gasteiger partial charge in [0.1, 0.15) is 24.2 Å². The fraction of sp³-hybridized carbons (Fsp3) is 0.500. The fourth-order valence-corrected chi connectivity index (χ4v) is 9.59. The van der Waals surface area contributed by atoms with E-state index in [2.05, 4.69) is 27.7 Å². The van der Waals surface area contributed by atoms with Crippen LogP contribution in [-0.2, 0) is 41.9 Å². The molecule has 2 unspecified atom stereocenters. The fourth-order valence-electron chi connectivity index (χ4n) is 9.59. The van der Waals surface area contributed by atoms with E-state index in [9.17, 15) is 28.8 Å². The lowest BCUT2D eigenvalue weighted by atomic mass is 10.0. The highest BCUT2D eigenvalue weighted by Gasteiger charge is 2.44. The van der Waals surface area contributed by atoms with E-state index >= 15 is 0 Å². The van der Waals surface area contributed by atoms with Crippen LogP contribution in [0.1, 0.15) is 90.2 Å². The molecule has 4 atom stereocenters. The van der Waals surface area contributed by atoms with Gasteiger partial charge in [-0.05, 0) is 97.9 Å². The topological polar surface area (TPSA) is 143 Å². The number of rotatable bonds is 15. The summed E-state index contributed by atoms with van der Waals surface area (Å²) >= 11 is 0. The first-order chi connectivity index (χ1) is 29.4. The van der Waals surface area contributed by atoms with E-state index in [-0.39, 0.29) is 47.3 Å². The third kappa shape index (κ3) is 9.92. The van der Waals surface area contributed by atoms with Crippen LogP contribution in [0.15, 0.2) is 78.9 Å². The smallest absolute Gasteiger partial charge is 0.247 e. The lowest BCUT2D eigenvalue weighted by Crippen LogP contribution is -2.54. The van der Waals surface area contributed by atoms with Gasteiger partial charge < -0.3 is 35.1 Å². The molecule has 7 rings (SSSR count). The van der Waals surface area contributed by atoms with Gasteiger partial charge in [0.15, 0.2) is 0 Å². The largest absolute Gasteiger partial charge is 0.363 e. The highest BCUT2D eigenvalue weighted by molar-refractivity contribution is 6.00. The average molecular weight is 832 g/mol. The maximum Gasteiger partial charge on any atom is 0.247 e. The summed E-state index contributed by atoms with van der Waals surface area (Å²) in [7, 11) is 0. The molecule has 4 fully saturated rings. The molecule has 3 aromatic carbocycles. The Bertz CT molecular complexity index is 1930. The van der Waals surface area contributed by atoms with Crippen LogP contribution < -0.4 is 15.5 Å². The monoisotopic (exact) mass is 831 g/mol. The van der Waals surface area contributed by atoms with Gasteiger partial charge in [0.2, 0.25) is 35.4 Å². The van der Waals surface area contributed by atoms with Crippen LogP contribution >= 0.6 is 0 Å². The number of nitrogens with one attached hydrogen (secondary N) is 2. The molecule has 61 heavy (non-hydrogen) atoms. The van der Waals surface area contributed by atoms with Crippen LogP contribution in [0.25, 0.3) is 0 Å². The third-order valence-electron chi connectivity index (χ3n) is 12.6. The predicted molar refractivity (Wildman–Crippen MR) is 235 cm³/mol. The Labute approximate surface area is 359 Å². The molecule has 3 aromatic rings. The van der Waals surface area contributed by atoms with Crippen molar-refractivity contribution in [1.82, 2.24) is 19.6 Å². The second-order valence-corrected chi connectivity index (χ2v) is 17.7. The van der Waals surface area contributed by atoms with E-state index < -0.39 is 24.2 Å². The molecule has 2 N–H and O–H groups in total. The molecule has 13 heteroatoms. The number of hydrogen-bond acceptors (Lipinski definition) is 7. The molecule has 0 radical (unpaired) electrons. The van der Waals surface area contributed by atoms with E-state index in [1.165, 1.54) is 0 Å². The summed E-state index contributed by atoms with van der Waals surface area (Å²) in [6, 6.07) is 23.4. The van der Waals surface area contributed by atoms with Gasteiger partial charge in [0.25, 0.3) is 0 Å². The van der Waals surface area contributed by atoms with Crippen molar-refractivity contribution in [3.63, 3.8) is 0 Å². The molecule has 0 spiro atoms. The highest BCUT2D eigenvalue weighted by Crippen LogP contribution is 2.29. The van der Waals surface area contributed by atoms with E-state index in [0.29, 0.717) is 76.3 Å². The van der Waals surface area contributed by atoms with Gasteiger partial charge in [0, 0.05) is 69.2 Å². The summed E-state index contributed by atoms with van der Waals surface area (Å²) in [6.45, 7) is 11.2. The van der Waals surface area contributed by atoms with E-state index in [1.807, 2.05) is 94.4 Å². The zero-order chi connectivity index (χ0) is 43.2. The van der Waals surface area contributed by atoms with Gasteiger partial charge in [-0.2, -0.15) is 0 Å². The van der Waals surface area contributed by atoms with Crippen molar-refractivity contribution in [1.29, 1.82) is 0 Å². The van der Waals surface area contributed by atoms with Crippen LogP contribution in [0, 0.1) is 11.8 Å². The molecule has 6 amide bonds. The molecule has 4 saturated heterocycles. The number of amides is 6. The molecule has 13 nitrogen and oxygen atoms in total. The molecule has 0 saturated carbocycles. The third-order valence-corrected chi connectivity index (χ3v) is 12.6. The predicted octanol–water partition coefficient (Wildman–Crippen LogP) is 6.05. The Morgan fingerprint density at radius 3 is 1.34 bits per heavy atom. The van der Waals surface area contributed by atoms with Crippen molar-refractivity contribution in [2.75, 3.05) is 41.7 Å². The molecular formula is C48H61N7O6. The SMILES string of the molecule is CC(C)[C@@H](C(=O)N1CCCC1C(=O)Nc1ccc(CN(Cc2ccc(NC(=O)C3CCCN3C(=O)[C@H](C(C)C)N3CCCC3=O)cc2)c2ccccc2)cc1)N1CCCC1=O. The van der Waals surface area contributed by atoms with Gasteiger partial charge in [0.05, 0.1) is 0 Å². The first-order valence-electron chi connectivity index (χ1n) is 22.2. The molecule has 0 bridgehead atoms. The zero-order valence-corrected chi connectivity index (χ0v) is 36.1. The Morgan fingerprint density at radius 1 is 0.574 bits per heavy atom. The van der Waals surface area contributed by atoms with Crippen LogP contribution in [0.3, 0.4) is 0 Å².